The normalized spacial score (nSPS) is 16.9. The second kappa shape index (κ2) is 8.19. The summed E-state index contributed by atoms with van der Waals surface area (Å²) in [5.41, 5.74) is 1.85. The molecule has 2 heterocycles. The number of carbonyl (C=O) groups is 3. The van der Waals surface area contributed by atoms with E-state index in [1.165, 1.54) is 24.2 Å². The Morgan fingerprint density at radius 2 is 1.86 bits per heavy atom. The average Bonchev–Trinajstić information content (AvgIpc) is 3.27. The van der Waals surface area contributed by atoms with E-state index in [9.17, 15) is 14.4 Å². The second-order valence-electron chi connectivity index (χ2n) is 7.92. The lowest BCUT2D eigenvalue weighted by Crippen LogP contribution is -2.31. The van der Waals surface area contributed by atoms with Crippen molar-refractivity contribution in [2.75, 3.05) is 11.9 Å². The third-order valence-corrected chi connectivity index (χ3v) is 5.77. The van der Waals surface area contributed by atoms with Crippen LogP contribution >= 0.6 is 0 Å². The van der Waals surface area contributed by atoms with Gasteiger partial charge >= 0.3 is 0 Å². The van der Waals surface area contributed by atoms with E-state index in [1.807, 2.05) is 23.7 Å². The van der Waals surface area contributed by atoms with Gasteiger partial charge in [-0.25, -0.2) is 4.68 Å². The molecule has 29 heavy (non-hydrogen) atoms. The fourth-order valence-electron chi connectivity index (χ4n) is 4.24. The lowest BCUT2D eigenvalue weighted by molar-refractivity contribution is -0.116. The average molecular weight is 394 g/mol. The number of benzene rings is 1. The minimum Gasteiger partial charge on any atom is -0.311 e. The maximum Gasteiger partial charge on any atom is 0.261 e. The molecule has 1 N–H and O–H groups in total. The first-order valence-corrected chi connectivity index (χ1v) is 10.3. The van der Waals surface area contributed by atoms with Crippen LogP contribution in [0.25, 0.3) is 0 Å². The van der Waals surface area contributed by atoms with Crippen molar-refractivity contribution in [2.45, 2.75) is 57.9 Å². The summed E-state index contributed by atoms with van der Waals surface area (Å²) in [6.07, 6.45) is 8.20. The lowest BCUT2D eigenvalue weighted by atomic mass is 9.96. The van der Waals surface area contributed by atoms with Crippen molar-refractivity contribution in [3.8, 4) is 0 Å². The van der Waals surface area contributed by atoms with E-state index < -0.39 is 0 Å². The number of nitrogens with zero attached hydrogens (tertiary/aromatic N) is 3. The number of hydrogen-bond donors (Lipinski definition) is 1. The third-order valence-electron chi connectivity index (χ3n) is 5.77. The van der Waals surface area contributed by atoms with Gasteiger partial charge in [0.2, 0.25) is 5.91 Å². The second-order valence-corrected chi connectivity index (χ2v) is 7.92. The minimum atomic E-state index is -0.277. The zero-order valence-electron chi connectivity index (χ0n) is 16.7. The molecule has 1 aromatic heterocycles. The molecule has 1 aliphatic heterocycles. The van der Waals surface area contributed by atoms with Gasteiger partial charge in [0.25, 0.3) is 11.8 Å². The standard InChI is InChI=1S/C22H26N4O3/c1-15-9-10-17-18(14-15)22(29)25(21(17)28)13-5-8-20(27)24-19-11-12-23-26(19)16-6-3-2-4-7-16/h9-12,14,16H,2-8,13H2,1H3,(H,24,27). The van der Waals surface area contributed by atoms with Crippen molar-refractivity contribution in [1.29, 1.82) is 0 Å². The largest absolute Gasteiger partial charge is 0.311 e. The van der Waals surface area contributed by atoms with Gasteiger partial charge in [0.15, 0.2) is 0 Å². The third kappa shape index (κ3) is 3.95. The molecule has 7 nitrogen and oxygen atoms in total. The maximum atomic E-state index is 12.5. The molecule has 0 radical (unpaired) electrons. The van der Waals surface area contributed by atoms with E-state index in [4.69, 9.17) is 0 Å². The van der Waals surface area contributed by atoms with Gasteiger partial charge in [-0.3, -0.25) is 19.3 Å². The van der Waals surface area contributed by atoms with Crippen molar-refractivity contribution >= 4 is 23.5 Å². The topological polar surface area (TPSA) is 84.3 Å². The summed E-state index contributed by atoms with van der Waals surface area (Å²) in [6, 6.07) is 7.43. The van der Waals surface area contributed by atoms with E-state index in [-0.39, 0.29) is 30.7 Å². The highest BCUT2D eigenvalue weighted by molar-refractivity contribution is 6.21. The van der Waals surface area contributed by atoms with Crippen LogP contribution in [0.2, 0.25) is 0 Å². The highest BCUT2D eigenvalue weighted by atomic mass is 16.2. The summed E-state index contributed by atoms with van der Waals surface area (Å²) in [7, 11) is 0. The van der Waals surface area contributed by atoms with Crippen molar-refractivity contribution in [1.82, 2.24) is 14.7 Å². The maximum absolute atomic E-state index is 12.5. The Labute approximate surface area is 170 Å². The number of nitrogens with one attached hydrogen (secondary N) is 1. The van der Waals surface area contributed by atoms with Crippen LogP contribution in [-0.2, 0) is 4.79 Å². The predicted molar refractivity (Wildman–Crippen MR) is 109 cm³/mol. The lowest BCUT2D eigenvalue weighted by Gasteiger charge is -2.24. The molecule has 0 atom stereocenters. The molecular weight excluding hydrogens is 368 g/mol. The summed E-state index contributed by atoms with van der Waals surface area (Å²) in [4.78, 5) is 38.6. The van der Waals surface area contributed by atoms with Gasteiger partial charge in [-0.15, -0.1) is 0 Å². The van der Waals surface area contributed by atoms with Gasteiger partial charge in [0.05, 0.1) is 23.4 Å². The fraction of sp³-hybridized carbons (Fsp3) is 0.455. The monoisotopic (exact) mass is 394 g/mol. The Hall–Kier alpha value is -2.96. The Bertz CT molecular complexity index is 943. The summed E-state index contributed by atoms with van der Waals surface area (Å²) in [5.74, 6) is 0.0402. The van der Waals surface area contributed by atoms with Crippen molar-refractivity contribution in [3.05, 3.63) is 47.2 Å². The Morgan fingerprint density at radius 1 is 1.10 bits per heavy atom. The number of carbonyl (C=O) groups excluding carboxylic acids is 3. The van der Waals surface area contributed by atoms with Crippen LogP contribution in [0.1, 0.15) is 77.3 Å². The molecule has 3 amide bonds. The van der Waals surface area contributed by atoms with E-state index in [2.05, 4.69) is 10.4 Å². The van der Waals surface area contributed by atoms with Crippen molar-refractivity contribution in [3.63, 3.8) is 0 Å². The fourth-order valence-corrected chi connectivity index (χ4v) is 4.24. The molecule has 2 aromatic rings. The first-order valence-electron chi connectivity index (χ1n) is 10.3. The molecule has 1 aromatic carbocycles. The zero-order valence-corrected chi connectivity index (χ0v) is 16.7. The molecule has 152 valence electrons. The zero-order chi connectivity index (χ0) is 20.4. The Balaban J connectivity index is 1.31. The predicted octanol–water partition coefficient (Wildman–Crippen LogP) is 3.71. The number of anilines is 1. The van der Waals surface area contributed by atoms with Crippen LogP contribution in [0, 0.1) is 6.92 Å². The van der Waals surface area contributed by atoms with Gasteiger partial charge in [0, 0.05) is 19.0 Å². The summed E-state index contributed by atoms with van der Waals surface area (Å²) in [5, 5.41) is 7.32. The molecule has 1 fully saturated rings. The van der Waals surface area contributed by atoms with Gasteiger partial charge in [-0.05, 0) is 38.3 Å². The molecule has 7 heteroatoms. The number of hydrogen-bond acceptors (Lipinski definition) is 4. The Morgan fingerprint density at radius 3 is 2.66 bits per heavy atom. The van der Waals surface area contributed by atoms with Crippen molar-refractivity contribution in [2.24, 2.45) is 0 Å². The smallest absolute Gasteiger partial charge is 0.261 e. The van der Waals surface area contributed by atoms with Crippen molar-refractivity contribution < 1.29 is 14.4 Å². The van der Waals surface area contributed by atoms with Crippen LogP contribution in [0.4, 0.5) is 5.82 Å². The first kappa shape index (κ1) is 19.4. The first-order chi connectivity index (χ1) is 14.0. The quantitative estimate of drug-likeness (QED) is 0.757. The van der Waals surface area contributed by atoms with E-state index in [0.29, 0.717) is 23.6 Å². The van der Waals surface area contributed by atoms with E-state index >= 15 is 0 Å². The molecule has 0 saturated heterocycles. The van der Waals surface area contributed by atoms with Crippen LogP contribution in [0.15, 0.2) is 30.5 Å². The summed E-state index contributed by atoms with van der Waals surface area (Å²) < 4.78 is 1.92. The molecule has 4 rings (SSSR count). The number of aromatic nitrogens is 2. The Kier molecular flexibility index (Phi) is 5.47. The highest BCUT2D eigenvalue weighted by Gasteiger charge is 2.35. The number of amides is 3. The van der Waals surface area contributed by atoms with Crippen LogP contribution < -0.4 is 5.32 Å². The van der Waals surface area contributed by atoms with Crippen LogP contribution in [0.5, 0.6) is 0 Å². The van der Waals surface area contributed by atoms with E-state index in [1.54, 1.807) is 18.3 Å². The molecule has 2 aliphatic rings. The molecular formula is C22H26N4O3. The molecule has 1 aliphatic carbocycles. The summed E-state index contributed by atoms with van der Waals surface area (Å²) >= 11 is 0. The van der Waals surface area contributed by atoms with Crippen LogP contribution in [0.3, 0.4) is 0 Å². The van der Waals surface area contributed by atoms with Crippen LogP contribution in [-0.4, -0.2) is 38.9 Å². The van der Waals surface area contributed by atoms with Gasteiger partial charge in [-0.2, -0.15) is 5.10 Å². The number of rotatable bonds is 6. The molecule has 0 spiro atoms. The molecule has 0 unspecified atom stereocenters. The molecule has 1 saturated carbocycles. The van der Waals surface area contributed by atoms with E-state index in [0.717, 1.165) is 24.2 Å². The minimum absolute atomic E-state index is 0.130. The van der Waals surface area contributed by atoms with Gasteiger partial charge in [0.1, 0.15) is 5.82 Å². The van der Waals surface area contributed by atoms with Gasteiger partial charge in [-0.1, -0.05) is 30.9 Å². The SMILES string of the molecule is Cc1ccc2c(c1)C(=O)N(CCCC(=O)Nc1ccnn1C1CCCCC1)C2=O. The number of fused-ring (bicyclic) bond motifs is 1. The van der Waals surface area contributed by atoms with Gasteiger partial charge < -0.3 is 5.32 Å². The summed E-state index contributed by atoms with van der Waals surface area (Å²) in [6.45, 7) is 2.13. The highest BCUT2D eigenvalue weighted by Crippen LogP contribution is 2.30. The number of aryl methyl sites for hydroxylation is 1. The number of imide groups is 1. The molecule has 0 bridgehead atoms.